The van der Waals surface area contributed by atoms with Crippen molar-refractivity contribution in [1.82, 2.24) is 14.9 Å². The highest BCUT2D eigenvalue weighted by atomic mass is 32.1. The standard InChI is InChI=1S/C23H26N4OS/c1-15-6-4-10-25-21(15)19-8-3-9-20(22-16(2)7-5-11-26-22)27(19)12-17-13-29-14-18(17)23(24)28/h4-7,10-11,13-14,19-20H,3,8-9,12H2,1-2H3,(H2,24,28)/t19-,20+. The first-order chi connectivity index (χ1) is 14.1. The van der Waals surface area contributed by atoms with Crippen LogP contribution in [0.25, 0.3) is 0 Å². The van der Waals surface area contributed by atoms with Gasteiger partial charge in [-0.15, -0.1) is 0 Å². The molecule has 2 N–H and O–H groups in total. The summed E-state index contributed by atoms with van der Waals surface area (Å²) >= 11 is 1.52. The first-order valence-electron chi connectivity index (χ1n) is 10.00. The molecule has 3 aromatic rings. The van der Waals surface area contributed by atoms with Gasteiger partial charge in [0.2, 0.25) is 5.91 Å². The first-order valence-corrected chi connectivity index (χ1v) is 10.9. The number of carbonyl (C=O) groups excluding carboxylic acids is 1. The highest BCUT2D eigenvalue weighted by Gasteiger charge is 2.35. The lowest BCUT2D eigenvalue weighted by molar-refractivity contribution is 0.0674. The fourth-order valence-corrected chi connectivity index (χ4v) is 5.25. The van der Waals surface area contributed by atoms with Gasteiger partial charge in [0.25, 0.3) is 0 Å². The Morgan fingerprint density at radius 3 is 2.17 bits per heavy atom. The number of nitrogens with zero attached hydrogens (tertiary/aromatic N) is 3. The highest BCUT2D eigenvalue weighted by molar-refractivity contribution is 7.08. The second kappa shape index (κ2) is 8.43. The summed E-state index contributed by atoms with van der Waals surface area (Å²) in [6.45, 7) is 4.90. The van der Waals surface area contributed by atoms with E-state index in [0.29, 0.717) is 12.1 Å². The van der Waals surface area contributed by atoms with Crippen LogP contribution in [-0.2, 0) is 6.54 Å². The van der Waals surface area contributed by atoms with Gasteiger partial charge in [-0.3, -0.25) is 19.7 Å². The highest BCUT2D eigenvalue weighted by Crippen LogP contribution is 2.43. The number of hydrogen-bond donors (Lipinski definition) is 1. The van der Waals surface area contributed by atoms with Crippen LogP contribution in [0.2, 0.25) is 0 Å². The Hall–Kier alpha value is -2.57. The van der Waals surface area contributed by atoms with Gasteiger partial charge in [-0.25, -0.2) is 0 Å². The van der Waals surface area contributed by atoms with E-state index >= 15 is 0 Å². The summed E-state index contributed by atoms with van der Waals surface area (Å²) < 4.78 is 0. The summed E-state index contributed by atoms with van der Waals surface area (Å²) in [6, 6.07) is 8.56. The van der Waals surface area contributed by atoms with E-state index in [4.69, 9.17) is 15.7 Å². The maximum atomic E-state index is 11.9. The summed E-state index contributed by atoms with van der Waals surface area (Å²) in [6.07, 6.45) is 6.93. The molecule has 0 bridgehead atoms. The molecule has 0 spiro atoms. The maximum absolute atomic E-state index is 11.9. The van der Waals surface area contributed by atoms with E-state index in [-0.39, 0.29) is 18.0 Å². The fraction of sp³-hybridized carbons (Fsp3) is 0.348. The van der Waals surface area contributed by atoms with Crippen molar-refractivity contribution in [3.05, 3.63) is 81.1 Å². The number of primary amides is 1. The quantitative estimate of drug-likeness (QED) is 0.665. The van der Waals surface area contributed by atoms with E-state index in [0.717, 1.165) is 36.2 Å². The molecule has 3 aromatic heterocycles. The van der Waals surface area contributed by atoms with Gasteiger partial charge >= 0.3 is 0 Å². The molecule has 150 valence electrons. The molecule has 6 heteroatoms. The lowest BCUT2D eigenvalue weighted by Crippen LogP contribution is -2.37. The van der Waals surface area contributed by atoms with Crippen LogP contribution in [0.3, 0.4) is 0 Å². The molecule has 4 rings (SSSR count). The number of thiophene rings is 1. The normalized spacial score (nSPS) is 19.9. The zero-order valence-corrected chi connectivity index (χ0v) is 17.7. The summed E-state index contributed by atoms with van der Waals surface area (Å²) in [5.41, 5.74) is 11.9. The second-order valence-electron chi connectivity index (χ2n) is 7.72. The number of pyridine rings is 2. The Bertz CT molecular complexity index is 962. The molecule has 1 saturated heterocycles. The molecule has 1 amide bonds. The van der Waals surface area contributed by atoms with Crippen LogP contribution in [0.1, 0.15) is 69.8 Å². The molecular formula is C23H26N4OS. The molecule has 1 aliphatic rings. The first kappa shape index (κ1) is 19.7. The third-order valence-electron chi connectivity index (χ3n) is 5.85. The van der Waals surface area contributed by atoms with Crippen LogP contribution in [0, 0.1) is 13.8 Å². The van der Waals surface area contributed by atoms with Crippen molar-refractivity contribution in [2.45, 2.75) is 51.7 Å². The minimum Gasteiger partial charge on any atom is -0.366 e. The van der Waals surface area contributed by atoms with Crippen molar-refractivity contribution in [2.75, 3.05) is 0 Å². The van der Waals surface area contributed by atoms with Gasteiger partial charge in [-0.2, -0.15) is 11.3 Å². The van der Waals surface area contributed by atoms with Crippen LogP contribution < -0.4 is 5.73 Å². The number of rotatable bonds is 5. The second-order valence-corrected chi connectivity index (χ2v) is 8.46. The monoisotopic (exact) mass is 406 g/mol. The van der Waals surface area contributed by atoms with Crippen molar-refractivity contribution >= 4 is 17.2 Å². The van der Waals surface area contributed by atoms with Crippen molar-refractivity contribution in [1.29, 1.82) is 0 Å². The molecule has 0 unspecified atom stereocenters. The van der Waals surface area contributed by atoms with Crippen LogP contribution in [0.5, 0.6) is 0 Å². The lowest BCUT2D eigenvalue weighted by atomic mass is 9.88. The van der Waals surface area contributed by atoms with Crippen LogP contribution >= 0.6 is 11.3 Å². The number of aromatic nitrogens is 2. The summed E-state index contributed by atoms with van der Waals surface area (Å²) in [7, 11) is 0. The van der Waals surface area contributed by atoms with Crippen LogP contribution in [-0.4, -0.2) is 20.8 Å². The van der Waals surface area contributed by atoms with E-state index in [1.165, 1.54) is 22.5 Å². The molecular weight excluding hydrogens is 380 g/mol. The maximum Gasteiger partial charge on any atom is 0.249 e. The van der Waals surface area contributed by atoms with Crippen LogP contribution in [0.4, 0.5) is 0 Å². The van der Waals surface area contributed by atoms with Gasteiger partial charge in [0.05, 0.1) is 29.0 Å². The Morgan fingerprint density at radius 2 is 1.66 bits per heavy atom. The van der Waals surface area contributed by atoms with Gasteiger partial charge < -0.3 is 5.73 Å². The third-order valence-corrected chi connectivity index (χ3v) is 6.64. The van der Waals surface area contributed by atoms with Crippen LogP contribution in [0.15, 0.2) is 47.4 Å². The molecule has 0 aromatic carbocycles. The lowest BCUT2D eigenvalue weighted by Gasteiger charge is -2.42. The minimum absolute atomic E-state index is 0.178. The smallest absolute Gasteiger partial charge is 0.249 e. The van der Waals surface area contributed by atoms with Gasteiger partial charge in [0.1, 0.15) is 0 Å². The zero-order valence-electron chi connectivity index (χ0n) is 16.8. The molecule has 0 saturated carbocycles. The number of aryl methyl sites for hydroxylation is 2. The zero-order chi connectivity index (χ0) is 20.4. The van der Waals surface area contributed by atoms with E-state index in [1.54, 1.807) is 0 Å². The minimum atomic E-state index is -0.366. The molecule has 0 radical (unpaired) electrons. The average molecular weight is 407 g/mol. The van der Waals surface area contributed by atoms with Crippen molar-refractivity contribution < 1.29 is 4.79 Å². The molecule has 1 aliphatic heterocycles. The molecule has 1 fully saturated rings. The predicted octanol–water partition coefficient (Wildman–Crippen LogP) is 4.72. The van der Waals surface area contributed by atoms with Gasteiger partial charge in [0.15, 0.2) is 0 Å². The van der Waals surface area contributed by atoms with Crippen molar-refractivity contribution in [2.24, 2.45) is 5.73 Å². The summed E-state index contributed by atoms with van der Waals surface area (Å²) in [4.78, 5) is 23.9. The van der Waals surface area contributed by atoms with Gasteiger partial charge in [-0.05, 0) is 67.3 Å². The SMILES string of the molecule is Cc1cccnc1[C@H]1CCC[C@@H](c2ncccc2C)N1Cc1cscc1C(N)=O. The molecule has 0 aliphatic carbocycles. The van der Waals surface area contributed by atoms with Gasteiger partial charge in [0, 0.05) is 24.3 Å². The Kier molecular flexibility index (Phi) is 5.74. The Labute approximate surface area is 175 Å². The number of likely N-dealkylation sites (tertiary alicyclic amines) is 1. The third kappa shape index (κ3) is 3.95. The summed E-state index contributed by atoms with van der Waals surface area (Å²) in [5, 5.41) is 3.89. The fourth-order valence-electron chi connectivity index (χ4n) is 4.41. The molecule has 4 heterocycles. The molecule has 29 heavy (non-hydrogen) atoms. The Balaban J connectivity index is 1.78. The van der Waals surface area contributed by atoms with Crippen molar-refractivity contribution in [3.8, 4) is 0 Å². The number of hydrogen-bond acceptors (Lipinski definition) is 5. The number of piperidine rings is 1. The summed E-state index contributed by atoms with van der Waals surface area (Å²) in [5.74, 6) is -0.366. The Morgan fingerprint density at radius 1 is 1.07 bits per heavy atom. The predicted molar refractivity (Wildman–Crippen MR) is 116 cm³/mol. The largest absolute Gasteiger partial charge is 0.366 e. The number of carbonyl (C=O) groups is 1. The molecule has 2 atom stereocenters. The van der Waals surface area contributed by atoms with E-state index in [1.807, 2.05) is 35.3 Å². The molecule has 5 nitrogen and oxygen atoms in total. The van der Waals surface area contributed by atoms with Crippen molar-refractivity contribution in [3.63, 3.8) is 0 Å². The number of amides is 1. The van der Waals surface area contributed by atoms with Gasteiger partial charge in [-0.1, -0.05) is 12.1 Å². The van der Waals surface area contributed by atoms with E-state index < -0.39 is 0 Å². The topological polar surface area (TPSA) is 72.1 Å². The number of nitrogens with two attached hydrogens (primary N) is 1. The van der Waals surface area contributed by atoms with E-state index in [2.05, 4.69) is 30.9 Å². The average Bonchev–Trinajstić information content (AvgIpc) is 3.18. The van der Waals surface area contributed by atoms with E-state index in [9.17, 15) is 4.79 Å².